The summed E-state index contributed by atoms with van der Waals surface area (Å²) in [6.07, 6.45) is 0. The maximum absolute atomic E-state index is 2.57. The SMILES string of the molecule is Cc1ccc(N(c2ccc3c(c2)C(C)(C)c2cc4c(cc2-3)C(C)(C)c2cc(N(c3ccc(C)cc3C)c3ccc(C)cc3C)c3ccccc3c2-4)c2ccc(C)cc2C)c(C)c1. The second kappa shape index (κ2) is 14.1. The van der Waals surface area contributed by atoms with Crippen LogP contribution in [0.1, 0.15) is 94.5 Å². The highest BCUT2D eigenvalue weighted by Gasteiger charge is 2.43. The van der Waals surface area contributed by atoms with Gasteiger partial charge in [0.2, 0.25) is 0 Å². The van der Waals surface area contributed by atoms with Crippen LogP contribution in [-0.4, -0.2) is 0 Å². The van der Waals surface area contributed by atoms with Crippen molar-refractivity contribution in [1.82, 2.24) is 0 Å². The van der Waals surface area contributed by atoms with Crippen LogP contribution in [0.25, 0.3) is 33.0 Å². The molecule has 2 aliphatic carbocycles. The summed E-state index contributed by atoms with van der Waals surface area (Å²) in [4.78, 5) is 5.01. The van der Waals surface area contributed by atoms with Crippen molar-refractivity contribution in [3.8, 4) is 22.3 Å². The topological polar surface area (TPSA) is 6.48 Å². The molecule has 0 fully saturated rings. The highest BCUT2D eigenvalue weighted by molar-refractivity contribution is 6.11. The van der Waals surface area contributed by atoms with Crippen LogP contribution in [0.5, 0.6) is 0 Å². The van der Waals surface area contributed by atoms with Gasteiger partial charge in [-0.15, -0.1) is 0 Å². The second-order valence-corrected chi connectivity index (χ2v) is 19.6. The lowest BCUT2D eigenvalue weighted by molar-refractivity contribution is 0.652. The number of rotatable bonds is 6. The van der Waals surface area contributed by atoms with Gasteiger partial charge in [0.1, 0.15) is 0 Å². The summed E-state index contributed by atoms with van der Waals surface area (Å²) in [5, 5.41) is 2.57. The Balaban J connectivity index is 1.16. The van der Waals surface area contributed by atoms with Gasteiger partial charge in [0.15, 0.2) is 0 Å². The maximum Gasteiger partial charge on any atom is 0.0543 e. The molecule has 0 aliphatic heterocycles. The molecule has 2 heteroatoms. The van der Waals surface area contributed by atoms with Crippen LogP contribution in [0.15, 0.2) is 133 Å². The van der Waals surface area contributed by atoms with E-state index in [4.69, 9.17) is 0 Å². The summed E-state index contributed by atoms with van der Waals surface area (Å²) in [5.74, 6) is 0. The van der Waals surface area contributed by atoms with Crippen molar-refractivity contribution >= 4 is 44.9 Å². The molecule has 0 spiro atoms. The van der Waals surface area contributed by atoms with Gasteiger partial charge in [0, 0.05) is 44.7 Å². The van der Waals surface area contributed by atoms with Gasteiger partial charge < -0.3 is 9.80 Å². The van der Waals surface area contributed by atoms with Gasteiger partial charge in [0.05, 0.1) is 5.69 Å². The van der Waals surface area contributed by atoms with Crippen LogP contribution in [0.3, 0.4) is 0 Å². The van der Waals surface area contributed by atoms with Crippen LogP contribution in [-0.2, 0) is 10.8 Å². The molecular formula is C60H58N2. The molecule has 0 amide bonds. The van der Waals surface area contributed by atoms with Crippen molar-refractivity contribution < 1.29 is 0 Å². The Morgan fingerprint density at radius 2 is 0.742 bits per heavy atom. The largest absolute Gasteiger partial charge is 0.310 e. The van der Waals surface area contributed by atoms with Gasteiger partial charge in [-0.3, -0.25) is 0 Å². The van der Waals surface area contributed by atoms with E-state index in [0.29, 0.717) is 0 Å². The van der Waals surface area contributed by atoms with Gasteiger partial charge in [-0.1, -0.05) is 129 Å². The summed E-state index contributed by atoms with van der Waals surface area (Å²) < 4.78 is 0. The Morgan fingerprint density at radius 3 is 1.24 bits per heavy atom. The fourth-order valence-electron chi connectivity index (χ4n) is 11.1. The van der Waals surface area contributed by atoms with Gasteiger partial charge in [-0.2, -0.15) is 0 Å². The van der Waals surface area contributed by atoms with Crippen LogP contribution in [0.2, 0.25) is 0 Å². The van der Waals surface area contributed by atoms with E-state index in [-0.39, 0.29) is 10.8 Å². The average molecular weight is 807 g/mol. The molecular weight excluding hydrogens is 749 g/mol. The van der Waals surface area contributed by atoms with E-state index < -0.39 is 0 Å². The lowest BCUT2D eigenvalue weighted by atomic mass is 9.79. The molecule has 62 heavy (non-hydrogen) atoms. The van der Waals surface area contributed by atoms with Gasteiger partial charge >= 0.3 is 0 Å². The first kappa shape index (κ1) is 39.7. The number of hydrogen-bond donors (Lipinski definition) is 0. The first-order chi connectivity index (χ1) is 29.5. The molecule has 0 radical (unpaired) electrons. The summed E-state index contributed by atoms with van der Waals surface area (Å²) >= 11 is 0. The predicted molar refractivity (Wildman–Crippen MR) is 266 cm³/mol. The summed E-state index contributed by atoms with van der Waals surface area (Å²) in [6, 6.07) is 51.5. The number of nitrogens with zero attached hydrogens (tertiary/aromatic N) is 2. The highest BCUT2D eigenvalue weighted by atomic mass is 15.2. The minimum absolute atomic E-state index is 0.211. The van der Waals surface area contributed by atoms with Crippen LogP contribution < -0.4 is 9.80 Å². The van der Waals surface area contributed by atoms with E-state index in [1.54, 1.807) is 0 Å². The molecule has 8 aromatic rings. The fourth-order valence-corrected chi connectivity index (χ4v) is 11.1. The lowest BCUT2D eigenvalue weighted by Gasteiger charge is -2.32. The number of fused-ring (bicyclic) bond motifs is 8. The van der Waals surface area contributed by atoms with Crippen LogP contribution in [0.4, 0.5) is 34.1 Å². The molecule has 0 unspecified atom stereocenters. The Hall–Kier alpha value is -6.38. The third-order valence-corrected chi connectivity index (χ3v) is 14.3. The smallest absolute Gasteiger partial charge is 0.0543 e. The molecule has 0 N–H and O–H groups in total. The molecule has 0 heterocycles. The molecule has 2 nitrogen and oxygen atoms in total. The Bertz CT molecular complexity index is 3070. The van der Waals surface area contributed by atoms with E-state index >= 15 is 0 Å². The van der Waals surface area contributed by atoms with E-state index in [1.807, 2.05) is 0 Å². The van der Waals surface area contributed by atoms with E-state index in [2.05, 4.69) is 226 Å². The minimum atomic E-state index is -0.232. The Labute approximate surface area is 369 Å². The van der Waals surface area contributed by atoms with Crippen molar-refractivity contribution in [1.29, 1.82) is 0 Å². The van der Waals surface area contributed by atoms with Crippen molar-refractivity contribution in [3.63, 3.8) is 0 Å². The zero-order valence-corrected chi connectivity index (χ0v) is 38.6. The Kier molecular flexibility index (Phi) is 9.02. The third-order valence-electron chi connectivity index (χ3n) is 14.3. The van der Waals surface area contributed by atoms with E-state index in [9.17, 15) is 0 Å². The number of anilines is 6. The van der Waals surface area contributed by atoms with E-state index in [0.717, 1.165) is 0 Å². The maximum atomic E-state index is 2.57. The fraction of sp³-hybridized carbons (Fsp3) is 0.233. The molecule has 0 saturated heterocycles. The third kappa shape index (κ3) is 5.98. The summed E-state index contributed by atoms with van der Waals surface area (Å²) in [7, 11) is 0. The van der Waals surface area contributed by atoms with Crippen molar-refractivity contribution in [2.75, 3.05) is 9.80 Å². The Morgan fingerprint density at radius 1 is 0.323 bits per heavy atom. The molecule has 2 aliphatic rings. The van der Waals surface area contributed by atoms with Crippen molar-refractivity contribution in [3.05, 3.63) is 200 Å². The minimum Gasteiger partial charge on any atom is -0.310 e. The zero-order valence-electron chi connectivity index (χ0n) is 38.6. The monoisotopic (exact) mass is 806 g/mol. The van der Waals surface area contributed by atoms with Gasteiger partial charge in [-0.25, -0.2) is 0 Å². The first-order valence-electron chi connectivity index (χ1n) is 22.3. The molecule has 0 saturated carbocycles. The molecule has 0 atom stereocenters. The molecule has 0 bridgehead atoms. The quantitative estimate of drug-likeness (QED) is 0.165. The lowest BCUT2D eigenvalue weighted by Crippen LogP contribution is -2.18. The normalized spacial score (nSPS) is 14.1. The average Bonchev–Trinajstić information content (AvgIpc) is 3.58. The summed E-state index contributed by atoms with van der Waals surface area (Å²) in [6.45, 7) is 27.5. The van der Waals surface area contributed by atoms with Crippen molar-refractivity contribution in [2.45, 2.75) is 93.9 Å². The molecule has 8 aromatic carbocycles. The number of hydrogen-bond acceptors (Lipinski definition) is 2. The first-order valence-corrected chi connectivity index (χ1v) is 22.3. The number of benzene rings is 8. The second-order valence-electron chi connectivity index (χ2n) is 19.6. The highest BCUT2D eigenvalue weighted by Crippen LogP contribution is 2.59. The number of aryl methyl sites for hydroxylation is 8. The summed E-state index contributed by atoms with van der Waals surface area (Å²) in [5.41, 5.74) is 28.0. The predicted octanol–water partition coefficient (Wildman–Crippen LogP) is 16.9. The van der Waals surface area contributed by atoms with Crippen LogP contribution in [0, 0.1) is 55.4 Å². The zero-order chi connectivity index (χ0) is 43.6. The molecule has 308 valence electrons. The van der Waals surface area contributed by atoms with Crippen LogP contribution >= 0.6 is 0 Å². The molecule has 10 rings (SSSR count). The van der Waals surface area contributed by atoms with Gasteiger partial charge in [-0.05, 0) is 182 Å². The van der Waals surface area contributed by atoms with Crippen molar-refractivity contribution in [2.24, 2.45) is 0 Å². The van der Waals surface area contributed by atoms with E-state index in [1.165, 1.54) is 134 Å². The standard InChI is InChI=1S/C60H58N2/c1-35-17-23-53(39(5)27-35)61(54-24-18-36(2)28-40(54)6)43-21-22-44-47-32-51-48(33-50(47)59(9,10)49(44)31-43)58-46-16-14-13-15-45(46)57(34-52(58)60(51,11)12)62(55-25-19-37(3)29-41(55)7)56-26-20-38(4)30-42(56)8/h13-34H,1-12H3. The molecule has 0 aromatic heterocycles. The van der Waals surface area contributed by atoms with Gasteiger partial charge in [0.25, 0.3) is 0 Å².